The number of nitrogens with zero attached hydrogens (tertiary/aromatic N) is 1. The van der Waals surface area contributed by atoms with Crippen molar-refractivity contribution in [2.75, 3.05) is 6.54 Å². The number of halogens is 1. The van der Waals surface area contributed by atoms with Crippen LogP contribution in [0, 0.1) is 0 Å². The van der Waals surface area contributed by atoms with Gasteiger partial charge in [0, 0.05) is 16.6 Å². The lowest BCUT2D eigenvalue weighted by molar-refractivity contribution is -0.139. The second-order valence-electron chi connectivity index (χ2n) is 5.66. The molecule has 3 rings (SSSR count). The molecule has 1 fully saturated rings. The van der Waals surface area contributed by atoms with Gasteiger partial charge in [0.15, 0.2) is 0 Å². The van der Waals surface area contributed by atoms with E-state index in [1.807, 2.05) is 30.3 Å². The molecule has 0 bridgehead atoms. The molecule has 1 atom stereocenters. The van der Waals surface area contributed by atoms with Crippen LogP contribution in [-0.4, -0.2) is 28.2 Å². The van der Waals surface area contributed by atoms with Gasteiger partial charge in [-0.2, -0.15) is 0 Å². The van der Waals surface area contributed by atoms with E-state index in [2.05, 4.69) is 22.5 Å². The summed E-state index contributed by atoms with van der Waals surface area (Å²) >= 11 is 3.38. The minimum atomic E-state index is -0.684. The van der Waals surface area contributed by atoms with Crippen molar-refractivity contribution in [1.29, 1.82) is 0 Å². The Morgan fingerprint density at radius 1 is 1.12 bits per heavy atom. The number of amides is 1. The van der Waals surface area contributed by atoms with Crippen molar-refractivity contribution in [3.05, 3.63) is 88.4 Å². The minimum absolute atomic E-state index is 0.0976. The zero-order valence-corrected chi connectivity index (χ0v) is 14.9. The highest BCUT2D eigenvalue weighted by Gasteiger charge is 2.45. The summed E-state index contributed by atoms with van der Waals surface area (Å²) in [5.74, 6) is -1.49. The summed E-state index contributed by atoms with van der Waals surface area (Å²) < 4.78 is 0.889. The highest BCUT2D eigenvalue weighted by atomic mass is 79.9. The molecule has 1 N–H and O–H groups in total. The third-order valence-corrected chi connectivity index (χ3v) is 4.63. The van der Waals surface area contributed by atoms with E-state index in [-0.39, 0.29) is 17.9 Å². The highest BCUT2D eigenvalue weighted by Crippen LogP contribution is 2.39. The standard InChI is InChI=1S/C20H16BrNO3/c1-2-12-22-17(13-8-10-15(21)11-9-13)16(19(24)20(22)25)18(23)14-6-4-3-5-7-14/h2-11,17,23H,1,12H2/b18-16+/t17-/m0/s1. The van der Waals surface area contributed by atoms with Crippen LogP contribution < -0.4 is 0 Å². The maximum Gasteiger partial charge on any atom is 0.295 e. The van der Waals surface area contributed by atoms with Gasteiger partial charge in [0.05, 0.1) is 11.6 Å². The Bertz CT molecular complexity index is 856. The van der Waals surface area contributed by atoms with Crippen LogP contribution in [0.2, 0.25) is 0 Å². The molecule has 2 aromatic rings. The summed E-state index contributed by atoms with van der Waals surface area (Å²) in [6.07, 6.45) is 1.57. The van der Waals surface area contributed by atoms with Crippen molar-refractivity contribution in [2.45, 2.75) is 6.04 Å². The quantitative estimate of drug-likeness (QED) is 0.366. The summed E-state index contributed by atoms with van der Waals surface area (Å²) in [6, 6.07) is 15.4. The average molecular weight is 398 g/mol. The number of benzene rings is 2. The first-order chi connectivity index (χ1) is 12.0. The summed E-state index contributed by atoms with van der Waals surface area (Å²) in [6.45, 7) is 3.88. The smallest absolute Gasteiger partial charge is 0.295 e. The van der Waals surface area contributed by atoms with Gasteiger partial charge in [-0.05, 0) is 17.7 Å². The van der Waals surface area contributed by atoms with Gasteiger partial charge in [-0.15, -0.1) is 6.58 Å². The third kappa shape index (κ3) is 3.15. The second-order valence-corrected chi connectivity index (χ2v) is 6.57. The van der Waals surface area contributed by atoms with Crippen LogP contribution in [0.25, 0.3) is 5.76 Å². The largest absolute Gasteiger partial charge is 0.507 e. The SMILES string of the molecule is C=CCN1C(=O)C(=O)/C(=C(/O)c2ccccc2)[C@@H]1c1ccc(Br)cc1. The first-order valence-corrected chi connectivity index (χ1v) is 8.54. The number of carbonyl (C=O) groups is 2. The number of carbonyl (C=O) groups excluding carboxylic acids is 2. The fraction of sp³-hybridized carbons (Fsp3) is 0.100. The van der Waals surface area contributed by atoms with Crippen LogP contribution in [0.4, 0.5) is 0 Å². The van der Waals surface area contributed by atoms with E-state index in [0.29, 0.717) is 5.56 Å². The Hall–Kier alpha value is -2.66. The van der Waals surface area contributed by atoms with Gasteiger partial charge < -0.3 is 10.0 Å². The van der Waals surface area contributed by atoms with Crippen LogP contribution in [0.1, 0.15) is 17.2 Å². The molecule has 2 aromatic carbocycles. The van der Waals surface area contributed by atoms with Crippen LogP contribution >= 0.6 is 15.9 Å². The molecule has 0 saturated carbocycles. The average Bonchev–Trinajstić information content (AvgIpc) is 2.88. The molecule has 5 heteroatoms. The fourth-order valence-electron chi connectivity index (χ4n) is 2.95. The zero-order chi connectivity index (χ0) is 18.0. The molecule has 0 aromatic heterocycles. The third-order valence-electron chi connectivity index (χ3n) is 4.10. The molecule has 0 aliphatic carbocycles. The maximum atomic E-state index is 12.6. The number of ketones is 1. The predicted molar refractivity (Wildman–Crippen MR) is 99.8 cm³/mol. The van der Waals surface area contributed by atoms with E-state index < -0.39 is 17.7 Å². The Labute approximate surface area is 154 Å². The molecular weight excluding hydrogens is 382 g/mol. The van der Waals surface area contributed by atoms with E-state index in [9.17, 15) is 14.7 Å². The molecule has 1 aliphatic heterocycles. The lowest BCUT2D eigenvalue weighted by Gasteiger charge is -2.24. The first kappa shape index (κ1) is 17.2. The van der Waals surface area contributed by atoms with Crippen LogP contribution in [0.3, 0.4) is 0 Å². The predicted octanol–water partition coefficient (Wildman–Crippen LogP) is 4.06. The molecule has 0 radical (unpaired) electrons. The molecule has 0 unspecified atom stereocenters. The van der Waals surface area contributed by atoms with E-state index in [1.165, 1.54) is 4.90 Å². The Morgan fingerprint density at radius 3 is 2.36 bits per heavy atom. The lowest BCUT2D eigenvalue weighted by Crippen LogP contribution is -2.29. The molecule has 1 heterocycles. The number of aliphatic hydroxyl groups is 1. The molecule has 1 amide bonds. The van der Waals surface area contributed by atoms with Crippen molar-refractivity contribution in [2.24, 2.45) is 0 Å². The van der Waals surface area contributed by atoms with Crippen molar-refractivity contribution in [3.63, 3.8) is 0 Å². The molecule has 126 valence electrons. The van der Waals surface area contributed by atoms with Gasteiger partial charge in [0.2, 0.25) is 0 Å². The second kappa shape index (κ2) is 7.07. The molecule has 4 nitrogen and oxygen atoms in total. The van der Waals surface area contributed by atoms with E-state index >= 15 is 0 Å². The van der Waals surface area contributed by atoms with Gasteiger partial charge >= 0.3 is 0 Å². The van der Waals surface area contributed by atoms with Gasteiger partial charge in [0.25, 0.3) is 11.7 Å². The zero-order valence-electron chi connectivity index (χ0n) is 13.4. The normalized spacial score (nSPS) is 19.2. The van der Waals surface area contributed by atoms with Gasteiger partial charge in [-0.25, -0.2) is 0 Å². The minimum Gasteiger partial charge on any atom is -0.507 e. The summed E-state index contributed by atoms with van der Waals surface area (Å²) in [4.78, 5) is 26.5. The van der Waals surface area contributed by atoms with Crippen molar-refractivity contribution in [3.8, 4) is 0 Å². The summed E-state index contributed by atoms with van der Waals surface area (Å²) in [7, 11) is 0. The Kier molecular flexibility index (Phi) is 4.86. The number of rotatable bonds is 4. The van der Waals surface area contributed by atoms with Gasteiger partial charge in [0.1, 0.15) is 5.76 Å². The number of hydrogen-bond acceptors (Lipinski definition) is 3. The topological polar surface area (TPSA) is 57.6 Å². The van der Waals surface area contributed by atoms with Crippen LogP contribution in [-0.2, 0) is 9.59 Å². The lowest BCUT2D eigenvalue weighted by atomic mass is 9.95. The first-order valence-electron chi connectivity index (χ1n) is 7.74. The van der Waals surface area contributed by atoms with E-state index in [4.69, 9.17) is 0 Å². The number of hydrogen-bond donors (Lipinski definition) is 1. The van der Waals surface area contributed by atoms with Gasteiger partial charge in [-0.3, -0.25) is 9.59 Å². The number of aliphatic hydroxyl groups excluding tert-OH is 1. The molecule has 1 saturated heterocycles. The van der Waals surface area contributed by atoms with E-state index in [0.717, 1.165) is 10.0 Å². The maximum absolute atomic E-state index is 12.6. The Balaban J connectivity index is 2.19. The number of likely N-dealkylation sites (tertiary alicyclic amines) is 1. The molecule has 1 aliphatic rings. The fourth-order valence-corrected chi connectivity index (χ4v) is 3.21. The number of Topliss-reactive ketones (excluding diaryl/α,β-unsaturated/α-hetero) is 1. The summed E-state index contributed by atoms with van der Waals surface area (Å²) in [5, 5.41) is 10.7. The Morgan fingerprint density at radius 2 is 1.76 bits per heavy atom. The molecule has 0 spiro atoms. The van der Waals surface area contributed by atoms with Crippen molar-refractivity contribution >= 4 is 33.4 Å². The highest BCUT2D eigenvalue weighted by molar-refractivity contribution is 9.10. The molecule has 25 heavy (non-hydrogen) atoms. The van der Waals surface area contributed by atoms with E-state index in [1.54, 1.807) is 30.3 Å². The molecular formula is C20H16BrNO3. The summed E-state index contributed by atoms with van der Waals surface area (Å²) in [5.41, 5.74) is 1.35. The van der Waals surface area contributed by atoms with Crippen LogP contribution in [0.5, 0.6) is 0 Å². The van der Waals surface area contributed by atoms with Crippen molar-refractivity contribution in [1.82, 2.24) is 4.90 Å². The van der Waals surface area contributed by atoms with Crippen molar-refractivity contribution < 1.29 is 14.7 Å². The van der Waals surface area contributed by atoms with Gasteiger partial charge in [-0.1, -0.05) is 64.5 Å². The monoisotopic (exact) mass is 397 g/mol. The van der Waals surface area contributed by atoms with Crippen LogP contribution in [0.15, 0.2) is 77.3 Å².